The van der Waals surface area contributed by atoms with Gasteiger partial charge in [-0.1, -0.05) is 18.6 Å². The number of benzene rings is 1. The number of likely N-dealkylation sites (tertiary alicyclic amines) is 1. The number of rotatable bonds is 7. The van der Waals surface area contributed by atoms with Crippen LogP contribution < -0.4 is 10.1 Å². The van der Waals surface area contributed by atoms with Crippen molar-refractivity contribution in [3.63, 3.8) is 0 Å². The molecule has 0 saturated carbocycles. The average Bonchev–Trinajstić information content (AvgIpc) is 2.49. The summed E-state index contributed by atoms with van der Waals surface area (Å²) in [6.45, 7) is 6.93. The van der Waals surface area contributed by atoms with E-state index in [1.54, 1.807) is 7.11 Å². The fourth-order valence-electron chi connectivity index (χ4n) is 2.87. The van der Waals surface area contributed by atoms with Gasteiger partial charge in [-0.05, 0) is 63.5 Å². The van der Waals surface area contributed by atoms with Crippen molar-refractivity contribution >= 4 is 0 Å². The second-order valence-corrected chi connectivity index (χ2v) is 5.76. The first-order chi connectivity index (χ1) is 9.79. The molecule has 0 spiro atoms. The van der Waals surface area contributed by atoms with Crippen LogP contribution >= 0.6 is 0 Å². The normalized spacial score (nSPS) is 20.0. The van der Waals surface area contributed by atoms with Crippen LogP contribution in [0.15, 0.2) is 24.3 Å². The molecule has 3 nitrogen and oxygen atoms in total. The third-order valence-corrected chi connectivity index (χ3v) is 4.23. The van der Waals surface area contributed by atoms with E-state index in [2.05, 4.69) is 29.3 Å². The number of hydrogen-bond donors (Lipinski definition) is 1. The number of methoxy groups -OCH3 is 1. The lowest BCUT2D eigenvalue weighted by molar-refractivity contribution is 0.159. The van der Waals surface area contributed by atoms with Crippen LogP contribution in [-0.4, -0.2) is 37.7 Å². The molecule has 20 heavy (non-hydrogen) atoms. The van der Waals surface area contributed by atoms with Gasteiger partial charge in [-0.25, -0.2) is 0 Å². The molecule has 1 aromatic rings. The van der Waals surface area contributed by atoms with Crippen molar-refractivity contribution in [3.8, 4) is 5.75 Å². The van der Waals surface area contributed by atoms with E-state index in [1.807, 2.05) is 12.1 Å². The molecule has 1 heterocycles. The molecule has 1 aliphatic heterocycles. The fraction of sp³-hybridized carbons (Fsp3) is 0.647. The third kappa shape index (κ3) is 4.80. The molecule has 0 unspecified atom stereocenters. The minimum atomic E-state index is 0.783. The van der Waals surface area contributed by atoms with Gasteiger partial charge in [0.1, 0.15) is 5.75 Å². The monoisotopic (exact) mass is 276 g/mol. The second kappa shape index (κ2) is 8.28. The van der Waals surface area contributed by atoms with Crippen molar-refractivity contribution in [1.82, 2.24) is 10.2 Å². The van der Waals surface area contributed by atoms with Crippen LogP contribution in [0.1, 0.15) is 38.2 Å². The zero-order chi connectivity index (χ0) is 14.2. The highest BCUT2D eigenvalue weighted by atomic mass is 16.5. The summed E-state index contributed by atoms with van der Waals surface area (Å²) in [6.07, 6.45) is 5.40. The van der Waals surface area contributed by atoms with E-state index in [4.69, 9.17) is 4.74 Å². The molecule has 0 radical (unpaired) electrons. The van der Waals surface area contributed by atoms with Gasteiger partial charge in [0.25, 0.3) is 0 Å². The summed E-state index contributed by atoms with van der Waals surface area (Å²) in [5.74, 6) is 0.924. The molecule has 1 aliphatic rings. The van der Waals surface area contributed by atoms with Crippen molar-refractivity contribution in [2.24, 2.45) is 0 Å². The third-order valence-electron chi connectivity index (χ3n) is 4.23. The van der Waals surface area contributed by atoms with Crippen molar-refractivity contribution in [2.75, 3.05) is 26.7 Å². The second-order valence-electron chi connectivity index (χ2n) is 5.76. The molecule has 1 fully saturated rings. The lowest BCUT2D eigenvalue weighted by atomic mass is 10.0. The van der Waals surface area contributed by atoms with E-state index >= 15 is 0 Å². The maximum atomic E-state index is 5.16. The molecule has 0 aliphatic carbocycles. The molecule has 2 rings (SSSR count). The Morgan fingerprint density at radius 2 is 2.05 bits per heavy atom. The van der Waals surface area contributed by atoms with Gasteiger partial charge < -0.3 is 15.0 Å². The maximum Gasteiger partial charge on any atom is 0.118 e. The van der Waals surface area contributed by atoms with Crippen molar-refractivity contribution < 1.29 is 4.74 Å². The van der Waals surface area contributed by atoms with Gasteiger partial charge in [-0.2, -0.15) is 0 Å². The van der Waals surface area contributed by atoms with E-state index in [-0.39, 0.29) is 0 Å². The molecule has 1 aromatic carbocycles. The molecular weight excluding hydrogens is 248 g/mol. The van der Waals surface area contributed by atoms with Crippen LogP contribution in [0.5, 0.6) is 5.75 Å². The van der Waals surface area contributed by atoms with E-state index in [0.717, 1.165) is 24.9 Å². The predicted molar refractivity (Wildman–Crippen MR) is 84.2 cm³/mol. The van der Waals surface area contributed by atoms with Gasteiger partial charge >= 0.3 is 0 Å². The highest BCUT2D eigenvalue weighted by molar-refractivity contribution is 5.26. The van der Waals surface area contributed by atoms with Gasteiger partial charge in [-0.3, -0.25) is 0 Å². The Balaban J connectivity index is 1.58. The number of nitrogens with zero attached hydrogens (tertiary/aromatic N) is 1. The Morgan fingerprint density at radius 1 is 1.25 bits per heavy atom. The number of piperidine rings is 1. The van der Waals surface area contributed by atoms with Crippen LogP contribution in [0.25, 0.3) is 0 Å². The molecule has 3 heteroatoms. The van der Waals surface area contributed by atoms with Crippen LogP contribution in [0.4, 0.5) is 0 Å². The molecule has 1 N–H and O–H groups in total. The molecule has 0 amide bonds. The van der Waals surface area contributed by atoms with Gasteiger partial charge in [0.2, 0.25) is 0 Å². The van der Waals surface area contributed by atoms with Gasteiger partial charge in [0.05, 0.1) is 7.11 Å². The first-order valence-corrected chi connectivity index (χ1v) is 7.87. The van der Waals surface area contributed by atoms with E-state index < -0.39 is 0 Å². The Kier molecular flexibility index (Phi) is 6.34. The Hall–Kier alpha value is -1.06. The largest absolute Gasteiger partial charge is 0.497 e. The number of nitrogens with one attached hydrogen (secondary N) is 1. The highest BCUT2D eigenvalue weighted by Crippen LogP contribution is 2.16. The lowest BCUT2D eigenvalue weighted by Gasteiger charge is -2.33. The fourth-order valence-corrected chi connectivity index (χ4v) is 2.87. The predicted octanol–water partition coefficient (Wildman–Crippen LogP) is 3.05. The molecule has 1 atom stereocenters. The smallest absolute Gasteiger partial charge is 0.118 e. The molecule has 1 saturated heterocycles. The standard InChI is InChI=1S/C17H28N2O/c1-15-6-3-4-12-19(15)13-5-11-18-14-16-7-9-17(20-2)10-8-16/h7-10,15,18H,3-6,11-14H2,1-2H3/t15-/m0/s1. The van der Waals surface area contributed by atoms with Gasteiger partial charge in [0.15, 0.2) is 0 Å². The highest BCUT2D eigenvalue weighted by Gasteiger charge is 2.16. The van der Waals surface area contributed by atoms with E-state index in [9.17, 15) is 0 Å². The molecule has 0 bridgehead atoms. The Morgan fingerprint density at radius 3 is 2.75 bits per heavy atom. The quantitative estimate of drug-likeness (QED) is 0.775. The van der Waals surface area contributed by atoms with Crippen LogP contribution in [0, 0.1) is 0 Å². The lowest BCUT2D eigenvalue weighted by Crippen LogP contribution is -2.38. The molecule has 112 valence electrons. The zero-order valence-electron chi connectivity index (χ0n) is 12.9. The maximum absolute atomic E-state index is 5.16. The van der Waals surface area contributed by atoms with E-state index in [1.165, 1.54) is 44.3 Å². The number of hydrogen-bond acceptors (Lipinski definition) is 3. The first kappa shape index (κ1) is 15.3. The summed E-state index contributed by atoms with van der Waals surface area (Å²) in [7, 11) is 1.70. The summed E-state index contributed by atoms with van der Waals surface area (Å²) < 4.78 is 5.16. The average molecular weight is 276 g/mol. The molecule has 0 aromatic heterocycles. The van der Waals surface area contributed by atoms with E-state index in [0.29, 0.717) is 0 Å². The van der Waals surface area contributed by atoms with Crippen LogP contribution in [-0.2, 0) is 6.54 Å². The summed E-state index contributed by atoms with van der Waals surface area (Å²) in [4.78, 5) is 2.64. The SMILES string of the molecule is COc1ccc(CNCCCN2CCCC[C@@H]2C)cc1. The zero-order valence-corrected chi connectivity index (χ0v) is 12.9. The first-order valence-electron chi connectivity index (χ1n) is 7.87. The Labute approximate surface area is 123 Å². The summed E-state index contributed by atoms with van der Waals surface area (Å²) in [5.41, 5.74) is 1.32. The minimum absolute atomic E-state index is 0.783. The summed E-state index contributed by atoms with van der Waals surface area (Å²) in [5, 5.41) is 3.53. The topological polar surface area (TPSA) is 24.5 Å². The van der Waals surface area contributed by atoms with Gasteiger partial charge in [-0.15, -0.1) is 0 Å². The van der Waals surface area contributed by atoms with Crippen molar-refractivity contribution in [3.05, 3.63) is 29.8 Å². The summed E-state index contributed by atoms with van der Waals surface area (Å²) >= 11 is 0. The van der Waals surface area contributed by atoms with Crippen molar-refractivity contribution in [1.29, 1.82) is 0 Å². The molecular formula is C17H28N2O. The number of ether oxygens (including phenoxy) is 1. The van der Waals surface area contributed by atoms with Crippen molar-refractivity contribution in [2.45, 2.75) is 45.2 Å². The van der Waals surface area contributed by atoms with Gasteiger partial charge in [0, 0.05) is 12.6 Å². The van der Waals surface area contributed by atoms with Crippen LogP contribution in [0.3, 0.4) is 0 Å². The summed E-state index contributed by atoms with van der Waals surface area (Å²) in [6, 6.07) is 9.07. The Bertz CT molecular complexity index is 377. The minimum Gasteiger partial charge on any atom is -0.497 e. The van der Waals surface area contributed by atoms with Crippen LogP contribution in [0.2, 0.25) is 0 Å².